The van der Waals surface area contributed by atoms with Crippen LogP contribution in [0.4, 0.5) is 4.79 Å². The highest BCUT2D eigenvalue weighted by Crippen LogP contribution is 2.26. The van der Waals surface area contributed by atoms with E-state index in [4.69, 9.17) is 9.15 Å². The second-order valence-corrected chi connectivity index (χ2v) is 9.66. The first-order chi connectivity index (χ1) is 18.9. The van der Waals surface area contributed by atoms with Crippen LogP contribution in [0.2, 0.25) is 0 Å². The quantitative estimate of drug-likeness (QED) is 0.159. The maximum absolute atomic E-state index is 13.2. The Hall–Kier alpha value is -4.59. The van der Waals surface area contributed by atoms with Crippen LogP contribution in [-0.4, -0.2) is 33.9 Å². The third-order valence-electron chi connectivity index (χ3n) is 7.07. The Balaban J connectivity index is 1.30. The number of aryl methyl sites for hydroxylation is 1. The first kappa shape index (κ1) is 26.0. The zero-order chi connectivity index (χ0) is 27.4. The van der Waals surface area contributed by atoms with Gasteiger partial charge in [-0.3, -0.25) is 19.8 Å². The van der Waals surface area contributed by atoms with Crippen LogP contribution in [0.5, 0.6) is 5.75 Å². The molecule has 39 heavy (non-hydrogen) atoms. The molecule has 2 aromatic heterocycles. The van der Waals surface area contributed by atoms with Crippen LogP contribution in [-0.2, 0) is 22.7 Å². The van der Waals surface area contributed by atoms with Crippen LogP contribution >= 0.6 is 0 Å². The summed E-state index contributed by atoms with van der Waals surface area (Å²) in [5.74, 6) is 0.438. The van der Waals surface area contributed by atoms with Gasteiger partial charge in [0.15, 0.2) is 0 Å². The normalized spacial score (nSPS) is 15.7. The van der Waals surface area contributed by atoms with Crippen molar-refractivity contribution in [1.82, 2.24) is 14.8 Å². The minimum atomic E-state index is -0.768. The van der Waals surface area contributed by atoms with Gasteiger partial charge in [0.05, 0.1) is 19.4 Å². The molecule has 0 spiro atoms. The monoisotopic (exact) mass is 525 g/mol. The van der Waals surface area contributed by atoms with Gasteiger partial charge in [0.1, 0.15) is 17.1 Å². The Labute approximate surface area is 226 Å². The van der Waals surface area contributed by atoms with Crippen LogP contribution in [0.1, 0.15) is 49.5 Å². The van der Waals surface area contributed by atoms with Gasteiger partial charge < -0.3 is 13.7 Å². The maximum Gasteiger partial charge on any atom is 0.331 e. The van der Waals surface area contributed by atoms with Crippen molar-refractivity contribution in [3.05, 3.63) is 95.6 Å². The summed E-state index contributed by atoms with van der Waals surface area (Å²) in [6.07, 6.45) is 6.81. The van der Waals surface area contributed by atoms with Gasteiger partial charge in [-0.1, -0.05) is 44.2 Å². The molecule has 2 aromatic carbocycles. The molecule has 8 heteroatoms. The molecule has 1 unspecified atom stereocenters. The van der Waals surface area contributed by atoms with Gasteiger partial charge in [-0.15, -0.1) is 0 Å². The lowest BCUT2D eigenvalue weighted by molar-refractivity contribution is -0.130. The third-order valence-corrected chi connectivity index (χ3v) is 7.07. The molecule has 3 heterocycles. The van der Waals surface area contributed by atoms with E-state index in [2.05, 4.69) is 35.9 Å². The Morgan fingerprint density at radius 2 is 1.82 bits per heavy atom. The van der Waals surface area contributed by atoms with E-state index in [0.717, 1.165) is 40.0 Å². The van der Waals surface area contributed by atoms with Crippen LogP contribution in [0, 0.1) is 0 Å². The van der Waals surface area contributed by atoms with Crippen molar-refractivity contribution in [3.63, 3.8) is 0 Å². The van der Waals surface area contributed by atoms with Crippen molar-refractivity contribution >= 4 is 34.8 Å². The molecule has 0 aliphatic carbocycles. The Bertz CT molecular complexity index is 1520. The molecular formula is C31H31N3O5. The standard InChI is InChI=1S/C31H31N3O5/c1-3-21(2)22-11-13-24(14-12-22)38-17-7-15-33-19-23(26-9-4-5-10-28(26)33)18-27-29(35)32-31(37)34(30(27)36)20-25-8-6-16-39-25/h4-6,8-14,16,18-19,21H,3,7,15,17,20H2,1-2H3,(H,32,35,37)/b27-18+. The van der Waals surface area contributed by atoms with Gasteiger partial charge in [0.25, 0.3) is 11.8 Å². The summed E-state index contributed by atoms with van der Waals surface area (Å²) in [6, 6.07) is 18.7. The summed E-state index contributed by atoms with van der Waals surface area (Å²) in [7, 11) is 0. The highest BCUT2D eigenvalue weighted by atomic mass is 16.5. The largest absolute Gasteiger partial charge is 0.494 e. The van der Waals surface area contributed by atoms with E-state index in [1.54, 1.807) is 18.2 Å². The molecule has 0 bridgehead atoms. The van der Waals surface area contributed by atoms with Gasteiger partial charge in [-0.25, -0.2) is 4.79 Å². The molecule has 1 N–H and O–H groups in total. The molecule has 0 saturated carbocycles. The second-order valence-electron chi connectivity index (χ2n) is 9.66. The van der Waals surface area contributed by atoms with Crippen LogP contribution in [0.15, 0.2) is 83.1 Å². The number of carbonyl (C=O) groups is 3. The molecule has 5 rings (SSSR count). The van der Waals surface area contributed by atoms with Gasteiger partial charge in [0, 0.05) is 29.2 Å². The highest BCUT2D eigenvalue weighted by Gasteiger charge is 2.36. The van der Waals surface area contributed by atoms with Gasteiger partial charge in [0.2, 0.25) is 0 Å². The molecule has 1 aliphatic heterocycles. The van der Waals surface area contributed by atoms with Crippen molar-refractivity contribution < 1.29 is 23.5 Å². The van der Waals surface area contributed by atoms with E-state index in [-0.39, 0.29) is 12.1 Å². The zero-order valence-corrected chi connectivity index (χ0v) is 22.1. The Kier molecular flexibility index (Phi) is 7.63. The highest BCUT2D eigenvalue weighted by molar-refractivity contribution is 6.31. The predicted molar refractivity (Wildman–Crippen MR) is 148 cm³/mol. The smallest absolute Gasteiger partial charge is 0.331 e. The van der Waals surface area contributed by atoms with E-state index >= 15 is 0 Å². The lowest BCUT2D eigenvalue weighted by Crippen LogP contribution is -2.53. The number of para-hydroxylation sites is 1. The number of rotatable bonds is 10. The molecule has 200 valence electrons. The molecule has 8 nitrogen and oxygen atoms in total. The lowest BCUT2D eigenvalue weighted by Gasteiger charge is -2.25. The number of nitrogens with one attached hydrogen (secondary N) is 1. The average molecular weight is 526 g/mol. The molecule has 0 radical (unpaired) electrons. The van der Waals surface area contributed by atoms with Crippen molar-refractivity contribution in [1.29, 1.82) is 0 Å². The summed E-state index contributed by atoms with van der Waals surface area (Å²) in [4.78, 5) is 39.1. The van der Waals surface area contributed by atoms with Crippen molar-refractivity contribution in [3.8, 4) is 5.75 Å². The molecule has 4 amide bonds. The number of urea groups is 1. The summed E-state index contributed by atoms with van der Waals surface area (Å²) in [5.41, 5.74) is 2.91. The first-order valence-electron chi connectivity index (χ1n) is 13.2. The summed E-state index contributed by atoms with van der Waals surface area (Å²) < 4.78 is 13.3. The molecule has 4 aromatic rings. The molecule has 1 atom stereocenters. The maximum atomic E-state index is 13.2. The number of benzene rings is 2. The SMILES string of the molecule is CCC(C)c1ccc(OCCCn2cc(/C=C3\C(=O)NC(=O)N(Cc4ccco4)C3=O)c3ccccc32)cc1. The Morgan fingerprint density at radius 1 is 1.03 bits per heavy atom. The number of furan rings is 1. The van der Waals surface area contributed by atoms with E-state index < -0.39 is 17.8 Å². The van der Waals surface area contributed by atoms with E-state index in [1.165, 1.54) is 11.8 Å². The van der Waals surface area contributed by atoms with E-state index in [0.29, 0.717) is 24.8 Å². The van der Waals surface area contributed by atoms with Crippen molar-refractivity contribution in [2.24, 2.45) is 0 Å². The van der Waals surface area contributed by atoms with Crippen molar-refractivity contribution in [2.45, 2.75) is 45.7 Å². The fourth-order valence-electron chi connectivity index (χ4n) is 4.68. The number of fused-ring (bicyclic) bond motifs is 1. The number of barbiturate groups is 1. The number of ether oxygens (including phenoxy) is 1. The fraction of sp³-hybridized carbons (Fsp3) is 0.258. The number of hydrogen-bond acceptors (Lipinski definition) is 5. The Morgan fingerprint density at radius 3 is 2.56 bits per heavy atom. The third kappa shape index (κ3) is 5.65. The summed E-state index contributed by atoms with van der Waals surface area (Å²) in [5, 5.41) is 3.17. The molecule has 1 aliphatic rings. The molecular weight excluding hydrogens is 494 g/mol. The van der Waals surface area contributed by atoms with E-state index in [9.17, 15) is 14.4 Å². The van der Waals surface area contributed by atoms with Crippen LogP contribution in [0.25, 0.3) is 17.0 Å². The average Bonchev–Trinajstić information content (AvgIpc) is 3.59. The van der Waals surface area contributed by atoms with Gasteiger partial charge in [-0.2, -0.15) is 0 Å². The predicted octanol–water partition coefficient (Wildman–Crippen LogP) is 5.88. The number of amides is 4. The van der Waals surface area contributed by atoms with Gasteiger partial charge in [-0.05, 0) is 60.7 Å². The second kappa shape index (κ2) is 11.4. The minimum Gasteiger partial charge on any atom is -0.494 e. The fourth-order valence-corrected chi connectivity index (χ4v) is 4.68. The zero-order valence-electron chi connectivity index (χ0n) is 22.1. The van der Waals surface area contributed by atoms with Crippen molar-refractivity contribution in [2.75, 3.05) is 6.61 Å². The number of imide groups is 2. The number of carbonyl (C=O) groups excluding carboxylic acids is 3. The first-order valence-corrected chi connectivity index (χ1v) is 13.2. The van der Waals surface area contributed by atoms with Gasteiger partial charge >= 0.3 is 6.03 Å². The van der Waals surface area contributed by atoms with Crippen LogP contribution in [0.3, 0.4) is 0 Å². The molecule has 1 fully saturated rings. The number of nitrogens with zero attached hydrogens (tertiary/aromatic N) is 2. The number of hydrogen-bond donors (Lipinski definition) is 1. The summed E-state index contributed by atoms with van der Waals surface area (Å²) >= 11 is 0. The van der Waals surface area contributed by atoms with E-state index in [1.807, 2.05) is 42.6 Å². The van der Waals surface area contributed by atoms with Crippen LogP contribution < -0.4 is 10.1 Å². The lowest BCUT2D eigenvalue weighted by atomic mass is 9.99. The minimum absolute atomic E-state index is 0.0651. The number of aromatic nitrogens is 1. The molecule has 1 saturated heterocycles. The summed E-state index contributed by atoms with van der Waals surface area (Å²) in [6.45, 7) is 5.58. The topological polar surface area (TPSA) is 93.8 Å².